The van der Waals surface area contributed by atoms with E-state index in [4.69, 9.17) is 9.47 Å². The predicted molar refractivity (Wildman–Crippen MR) is 62.9 cm³/mol. The highest BCUT2D eigenvalue weighted by Crippen LogP contribution is 2.19. The van der Waals surface area contributed by atoms with Crippen molar-refractivity contribution in [1.29, 1.82) is 0 Å². The molecule has 0 aliphatic carbocycles. The monoisotopic (exact) mass is 240 g/mol. The van der Waals surface area contributed by atoms with E-state index in [1.165, 1.54) is 0 Å². The van der Waals surface area contributed by atoms with E-state index in [0.29, 0.717) is 18.7 Å². The van der Waals surface area contributed by atoms with Crippen molar-refractivity contribution in [3.05, 3.63) is 6.33 Å². The summed E-state index contributed by atoms with van der Waals surface area (Å²) in [6, 6.07) is 0.422. The summed E-state index contributed by atoms with van der Waals surface area (Å²) in [6.45, 7) is 4.54. The number of aryl methyl sites for hydroxylation is 1. The van der Waals surface area contributed by atoms with Gasteiger partial charge in [0.05, 0.1) is 12.2 Å². The Labute approximate surface area is 101 Å². The highest BCUT2D eigenvalue weighted by Gasteiger charge is 2.25. The minimum atomic E-state index is 0.169. The Morgan fingerprint density at radius 2 is 2.35 bits per heavy atom. The van der Waals surface area contributed by atoms with E-state index in [1.54, 1.807) is 11.0 Å². The molecule has 0 spiro atoms. The quantitative estimate of drug-likeness (QED) is 0.777. The molecule has 6 nitrogen and oxygen atoms in total. The van der Waals surface area contributed by atoms with Gasteiger partial charge in [-0.25, -0.2) is 0 Å². The number of hydrogen-bond donors (Lipinski definition) is 1. The molecule has 2 atom stereocenters. The fraction of sp³-hybridized carbons (Fsp3) is 0.818. The van der Waals surface area contributed by atoms with E-state index in [9.17, 15) is 0 Å². The molecule has 1 aliphatic rings. The summed E-state index contributed by atoms with van der Waals surface area (Å²) in [5.74, 6) is 0. The smallest absolute Gasteiger partial charge is 0.335 e. The van der Waals surface area contributed by atoms with Gasteiger partial charge in [0.15, 0.2) is 0 Å². The van der Waals surface area contributed by atoms with Gasteiger partial charge >= 0.3 is 6.01 Å². The maximum atomic E-state index is 5.84. The zero-order valence-corrected chi connectivity index (χ0v) is 10.4. The standard InChI is InChI=1S/C11H20N4O2/c1-3-12-6-9-4-5-10(17-9)7-16-11-13-8-15(2)14-11/h8-10,12H,3-7H2,1-2H3. The Hall–Kier alpha value is -1.14. The van der Waals surface area contributed by atoms with Crippen LogP contribution in [0.5, 0.6) is 6.01 Å². The van der Waals surface area contributed by atoms with Gasteiger partial charge in [-0.05, 0) is 19.4 Å². The third-order valence-electron chi connectivity index (χ3n) is 2.79. The largest absolute Gasteiger partial charge is 0.460 e. The van der Waals surface area contributed by atoms with Gasteiger partial charge in [0.25, 0.3) is 0 Å². The van der Waals surface area contributed by atoms with Gasteiger partial charge in [0, 0.05) is 13.6 Å². The van der Waals surface area contributed by atoms with Crippen LogP contribution in [0.4, 0.5) is 0 Å². The lowest BCUT2D eigenvalue weighted by Crippen LogP contribution is -2.28. The average molecular weight is 240 g/mol. The first-order valence-electron chi connectivity index (χ1n) is 6.12. The second kappa shape index (κ2) is 5.97. The normalized spacial score (nSPS) is 24.1. The molecule has 2 rings (SSSR count). The van der Waals surface area contributed by atoms with E-state index >= 15 is 0 Å². The van der Waals surface area contributed by atoms with Crippen LogP contribution in [0.3, 0.4) is 0 Å². The molecule has 1 aliphatic heterocycles. The molecule has 2 unspecified atom stereocenters. The number of ether oxygens (including phenoxy) is 2. The Morgan fingerprint density at radius 3 is 3.06 bits per heavy atom. The number of aromatic nitrogens is 3. The number of likely N-dealkylation sites (N-methyl/N-ethyl adjacent to an activating group) is 1. The van der Waals surface area contributed by atoms with Crippen LogP contribution in [0.25, 0.3) is 0 Å². The third-order valence-corrected chi connectivity index (χ3v) is 2.79. The summed E-state index contributed by atoms with van der Waals surface area (Å²) in [7, 11) is 1.82. The molecule has 0 amide bonds. The maximum absolute atomic E-state index is 5.84. The molecule has 0 aromatic carbocycles. The minimum Gasteiger partial charge on any atom is -0.460 e. The Balaban J connectivity index is 1.67. The summed E-state index contributed by atoms with van der Waals surface area (Å²) < 4.78 is 12.9. The SMILES string of the molecule is CCNCC1CCC(COc2ncn(C)n2)O1. The van der Waals surface area contributed by atoms with Crippen molar-refractivity contribution in [1.82, 2.24) is 20.1 Å². The molecule has 0 bridgehead atoms. The van der Waals surface area contributed by atoms with E-state index < -0.39 is 0 Å². The summed E-state index contributed by atoms with van der Waals surface area (Å²) in [6.07, 6.45) is 4.25. The molecule has 2 heterocycles. The molecular formula is C11H20N4O2. The van der Waals surface area contributed by atoms with Gasteiger partial charge in [-0.3, -0.25) is 4.68 Å². The molecule has 1 fully saturated rings. The minimum absolute atomic E-state index is 0.169. The molecule has 6 heteroatoms. The lowest BCUT2D eigenvalue weighted by atomic mass is 10.2. The van der Waals surface area contributed by atoms with E-state index in [-0.39, 0.29) is 6.10 Å². The van der Waals surface area contributed by atoms with Crippen molar-refractivity contribution in [2.24, 2.45) is 7.05 Å². The third kappa shape index (κ3) is 3.67. The topological polar surface area (TPSA) is 61.2 Å². The van der Waals surface area contributed by atoms with Crippen LogP contribution in [0.15, 0.2) is 6.33 Å². The van der Waals surface area contributed by atoms with E-state index in [1.807, 2.05) is 7.05 Å². The fourth-order valence-electron chi connectivity index (χ4n) is 1.91. The molecule has 0 saturated carbocycles. The second-order valence-corrected chi connectivity index (χ2v) is 4.28. The maximum Gasteiger partial charge on any atom is 0.335 e. The molecule has 1 saturated heterocycles. The first-order valence-corrected chi connectivity index (χ1v) is 6.12. The van der Waals surface area contributed by atoms with Gasteiger partial charge < -0.3 is 14.8 Å². The summed E-state index contributed by atoms with van der Waals surface area (Å²) in [5.41, 5.74) is 0. The molecular weight excluding hydrogens is 220 g/mol. The van der Waals surface area contributed by atoms with Gasteiger partial charge in [0.2, 0.25) is 0 Å². The molecule has 1 aromatic heterocycles. The molecule has 17 heavy (non-hydrogen) atoms. The van der Waals surface area contributed by atoms with Crippen LogP contribution in [-0.2, 0) is 11.8 Å². The zero-order chi connectivity index (χ0) is 12.1. The Kier molecular flexibility index (Phi) is 4.33. The van der Waals surface area contributed by atoms with Crippen molar-refractivity contribution in [2.75, 3.05) is 19.7 Å². The van der Waals surface area contributed by atoms with Crippen molar-refractivity contribution in [3.8, 4) is 6.01 Å². The fourth-order valence-corrected chi connectivity index (χ4v) is 1.91. The van der Waals surface area contributed by atoms with Crippen LogP contribution in [0.2, 0.25) is 0 Å². The Bertz CT molecular complexity index is 342. The van der Waals surface area contributed by atoms with Crippen LogP contribution in [0.1, 0.15) is 19.8 Å². The Morgan fingerprint density at radius 1 is 1.53 bits per heavy atom. The zero-order valence-electron chi connectivity index (χ0n) is 10.4. The summed E-state index contributed by atoms with van der Waals surface area (Å²) in [4.78, 5) is 4.01. The summed E-state index contributed by atoms with van der Waals surface area (Å²) >= 11 is 0. The molecule has 1 N–H and O–H groups in total. The van der Waals surface area contributed by atoms with Gasteiger partial charge in [-0.15, -0.1) is 5.10 Å². The number of nitrogens with one attached hydrogen (secondary N) is 1. The van der Waals surface area contributed by atoms with Crippen LogP contribution in [0, 0.1) is 0 Å². The lowest BCUT2D eigenvalue weighted by molar-refractivity contribution is 0.0168. The van der Waals surface area contributed by atoms with E-state index in [0.717, 1.165) is 25.9 Å². The summed E-state index contributed by atoms with van der Waals surface area (Å²) in [5, 5.41) is 7.35. The highest BCUT2D eigenvalue weighted by molar-refractivity contribution is 4.88. The molecule has 1 aromatic rings. The van der Waals surface area contributed by atoms with Gasteiger partial charge in [0.1, 0.15) is 12.9 Å². The van der Waals surface area contributed by atoms with Crippen LogP contribution in [-0.4, -0.2) is 46.7 Å². The van der Waals surface area contributed by atoms with Crippen molar-refractivity contribution < 1.29 is 9.47 Å². The first-order chi connectivity index (χ1) is 8.28. The molecule has 96 valence electrons. The lowest BCUT2D eigenvalue weighted by Gasteiger charge is -2.13. The first kappa shape index (κ1) is 12.3. The van der Waals surface area contributed by atoms with Gasteiger partial charge in [-0.1, -0.05) is 6.92 Å². The van der Waals surface area contributed by atoms with Crippen molar-refractivity contribution in [3.63, 3.8) is 0 Å². The predicted octanol–water partition coefficient (Wildman–Crippen LogP) is 0.351. The van der Waals surface area contributed by atoms with Crippen molar-refractivity contribution in [2.45, 2.75) is 32.0 Å². The number of nitrogens with zero attached hydrogens (tertiary/aromatic N) is 3. The van der Waals surface area contributed by atoms with Crippen LogP contribution < -0.4 is 10.1 Å². The van der Waals surface area contributed by atoms with E-state index in [2.05, 4.69) is 22.3 Å². The number of hydrogen-bond acceptors (Lipinski definition) is 5. The molecule has 0 radical (unpaired) electrons. The second-order valence-electron chi connectivity index (χ2n) is 4.28. The van der Waals surface area contributed by atoms with Crippen molar-refractivity contribution >= 4 is 0 Å². The van der Waals surface area contributed by atoms with Crippen LogP contribution >= 0.6 is 0 Å². The average Bonchev–Trinajstić information content (AvgIpc) is 2.93. The highest BCUT2D eigenvalue weighted by atomic mass is 16.5. The van der Waals surface area contributed by atoms with Gasteiger partial charge in [-0.2, -0.15) is 4.98 Å². The number of rotatable bonds is 6.